The molecule has 0 bridgehead atoms. The van der Waals surface area contributed by atoms with Crippen molar-refractivity contribution in [1.82, 2.24) is 4.98 Å². The minimum atomic E-state index is 0. The van der Waals surface area contributed by atoms with Gasteiger partial charge in [-0.3, -0.25) is 4.98 Å². The van der Waals surface area contributed by atoms with Crippen LogP contribution in [0.1, 0.15) is 31.5 Å². The molecule has 2 N–H and O–H groups in total. The van der Waals surface area contributed by atoms with Crippen LogP contribution in [0.3, 0.4) is 0 Å². The Labute approximate surface area is 79.6 Å². The second-order valence-corrected chi connectivity index (χ2v) is 2.65. The van der Waals surface area contributed by atoms with Gasteiger partial charge in [-0.25, -0.2) is 0 Å². The molecule has 68 valence electrons. The van der Waals surface area contributed by atoms with E-state index >= 15 is 0 Å². The highest BCUT2D eigenvalue weighted by Gasteiger charge is 2.03. The first-order valence-corrected chi connectivity index (χ1v) is 4.01. The van der Waals surface area contributed by atoms with Crippen LogP contribution in [0.5, 0.6) is 0 Å². The molecule has 0 aliphatic heterocycles. The summed E-state index contributed by atoms with van der Waals surface area (Å²) in [4.78, 5) is 4.17. The SMILES string of the molecule is CCC[C@@H](N)c1ccccn1.Cl. The molecule has 0 radical (unpaired) electrons. The van der Waals surface area contributed by atoms with Gasteiger partial charge in [0, 0.05) is 12.2 Å². The topological polar surface area (TPSA) is 38.9 Å². The molecule has 0 aromatic carbocycles. The summed E-state index contributed by atoms with van der Waals surface area (Å²) in [7, 11) is 0. The highest BCUT2D eigenvalue weighted by molar-refractivity contribution is 5.85. The van der Waals surface area contributed by atoms with Gasteiger partial charge in [0.15, 0.2) is 0 Å². The van der Waals surface area contributed by atoms with Crippen molar-refractivity contribution in [2.75, 3.05) is 0 Å². The fourth-order valence-electron chi connectivity index (χ4n) is 1.05. The number of rotatable bonds is 3. The van der Waals surface area contributed by atoms with Gasteiger partial charge in [0.05, 0.1) is 5.69 Å². The van der Waals surface area contributed by atoms with Crippen molar-refractivity contribution in [3.63, 3.8) is 0 Å². The Bertz CT molecular complexity index is 201. The molecule has 0 unspecified atom stereocenters. The van der Waals surface area contributed by atoms with E-state index in [9.17, 15) is 0 Å². The van der Waals surface area contributed by atoms with Crippen LogP contribution < -0.4 is 5.73 Å². The summed E-state index contributed by atoms with van der Waals surface area (Å²) < 4.78 is 0. The maximum atomic E-state index is 5.84. The van der Waals surface area contributed by atoms with Crippen molar-refractivity contribution >= 4 is 12.4 Å². The summed E-state index contributed by atoms with van der Waals surface area (Å²) >= 11 is 0. The van der Waals surface area contributed by atoms with Crippen LogP contribution in [-0.2, 0) is 0 Å². The molecule has 1 rings (SSSR count). The van der Waals surface area contributed by atoms with Crippen LogP contribution in [-0.4, -0.2) is 4.98 Å². The molecule has 0 spiro atoms. The number of hydrogen-bond acceptors (Lipinski definition) is 2. The van der Waals surface area contributed by atoms with Gasteiger partial charge >= 0.3 is 0 Å². The van der Waals surface area contributed by atoms with E-state index < -0.39 is 0 Å². The van der Waals surface area contributed by atoms with E-state index in [1.807, 2.05) is 18.2 Å². The molecule has 0 amide bonds. The fraction of sp³-hybridized carbons (Fsp3) is 0.444. The number of aromatic nitrogens is 1. The third-order valence-electron chi connectivity index (χ3n) is 1.67. The maximum Gasteiger partial charge on any atom is 0.0570 e. The van der Waals surface area contributed by atoms with Crippen molar-refractivity contribution in [3.8, 4) is 0 Å². The van der Waals surface area contributed by atoms with E-state index in [1.165, 1.54) is 0 Å². The van der Waals surface area contributed by atoms with Crippen LogP contribution in [0.15, 0.2) is 24.4 Å². The Kier molecular flexibility index (Phi) is 5.68. The lowest BCUT2D eigenvalue weighted by Gasteiger charge is -2.07. The molecule has 3 heteroatoms. The summed E-state index contributed by atoms with van der Waals surface area (Å²) in [5.74, 6) is 0. The average Bonchev–Trinajstić information content (AvgIpc) is 2.07. The molecule has 1 atom stereocenters. The summed E-state index contributed by atoms with van der Waals surface area (Å²) in [6.45, 7) is 2.13. The first-order chi connectivity index (χ1) is 5.34. The Balaban J connectivity index is 0.00000121. The van der Waals surface area contributed by atoms with Crippen molar-refractivity contribution in [2.45, 2.75) is 25.8 Å². The first kappa shape index (κ1) is 11.4. The molecule has 0 aliphatic rings. The minimum Gasteiger partial charge on any atom is -0.323 e. The standard InChI is InChI=1S/C9H14N2.ClH/c1-2-5-8(10)9-6-3-4-7-11-9;/h3-4,6-8H,2,5,10H2,1H3;1H/t8-;/m1./s1. The number of nitrogens with two attached hydrogens (primary N) is 1. The summed E-state index contributed by atoms with van der Waals surface area (Å²) in [5.41, 5.74) is 6.84. The zero-order valence-electron chi connectivity index (χ0n) is 7.23. The van der Waals surface area contributed by atoms with Gasteiger partial charge in [0.1, 0.15) is 0 Å². The highest BCUT2D eigenvalue weighted by atomic mass is 35.5. The van der Waals surface area contributed by atoms with E-state index in [0.717, 1.165) is 18.5 Å². The van der Waals surface area contributed by atoms with Gasteiger partial charge in [-0.15, -0.1) is 12.4 Å². The normalized spacial score (nSPS) is 11.8. The average molecular weight is 187 g/mol. The molecule has 0 aliphatic carbocycles. The predicted molar refractivity (Wildman–Crippen MR) is 53.3 cm³/mol. The predicted octanol–water partition coefficient (Wildman–Crippen LogP) is 2.30. The van der Waals surface area contributed by atoms with E-state index in [-0.39, 0.29) is 18.4 Å². The minimum absolute atomic E-state index is 0. The molecule has 1 aromatic rings. The van der Waals surface area contributed by atoms with Gasteiger partial charge in [0.25, 0.3) is 0 Å². The van der Waals surface area contributed by atoms with Crippen LogP contribution in [0.25, 0.3) is 0 Å². The molecular formula is C9H15ClN2. The maximum absolute atomic E-state index is 5.84. The van der Waals surface area contributed by atoms with E-state index in [0.29, 0.717) is 0 Å². The number of halogens is 1. The van der Waals surface area contributed by atoms with Gasteiger partial charge in [-0.2, -0.15) is 0 Å². The molecule has 2 nitrogen and oxygen atoms in total. The molecule has 1 heterocycles. The first-order valence-electron chi connectivity index (χ1n) is 4.01. The lowest BCUT2D eigenvalue weighted by atomic mass is 10.1. The van der Waals surface area contributed by atoms with Gasteiger partial charge < -0.3 is 5.73 Å². The lowest BCUT2D eigenvalue weighted by Crippen LogP contribution is -2.10. The molecular weight excluding hydrogens is 172 g/mol. The van der Waals surface area contributed by atoms with E-state index in [4.69, 9.17) is 5.73 Å². The summed E-state index contributed by atoms with van der Waals surface area (Å²) in [6, 6.07) is 5.96. The van der Waals surface area contributed by atoms with Crippen molar-refractivity contribution in [1.29, 1.82) is 0 Å². The second-order valence-electron chi connectivity index (χ2n) is 2.65. The fourth-order valence-corrected chi connectivity index (χ4v) is 1.05. The Morgan fingerprint density at radius 3 is 2.75 bits per heavy atom. The van der Waals surface area contributed by atoms with Crippen molar-refractivity contribution < 1.29 is 0 Å². The Hall–Kier alpha value is -0.600. The third kappa shape index (κ3) is 3.20. The summed E-state index contributed by atoms with van der Waals surface area (Å²) in [5, 5.41) is 0. The zero-order chi connectivity index (χ0) is 8.10. The Morgan fingerprint density at radius 2 is 2.25 bits per heavy atom. The highest BCUT2D eigenvalue weighted by Crippen LogP contribution is 2.11. The summed E-state index contributed by atoms with van der Waals surface area (Å²) in [6.07, 6.45) is 3.90. The van der Waals surface area contributed by atoms with Crippen molar-refractivity contribution in [2.24, 2.45) is 5.73 Å². The second kappa shape index (κ2) is 5.98. The zero-order valence-corrected chi connectivity index (χ0v) is 8.05. The Morgan fingerprint density at radius 1 is 1.50 bits per heavy atom. The number of hydrogen-bond donors (Lipinski definition) is 1. The molecule has 0 saturated heterocycles. The van der Waals surface area contributed by atoms with Gasteiger partial charge in [-0.1, -0.05) is 19.4 Å². The van der Waals surface area contributed by atoms with Gasteiger partial charge in [0.2, 0.25) is 0 Å². The van der Waals surface area contributed by atoms with Crippen LogP contribution in [0, 0.1) is 0 Å². The molecule has 0 saturated carbocycles. The number of nitrogens with zero attached hydrogens (tertiary/aromatic N) is 1. The largest absolute Gasteiger partial charge is 0.323 e. The smallest absolute Gasteiger partial charge is 0.0570 e. The third-order valence-corrected chi connectivity index (χ3v) is 1.67. The molecule has 12 heavy (non-hydrogen) atoms. The van der Waals surface area contributed by atoms with Crippen LogP contribution in [0.4, 0.5) is 0 Å². The van der Waals surface area contributed by atoms with Gasteiger partial charge in [-0.05, 0) is 18.6 Å². The lowest BCUT2D eigenvalue weighted by molar-refractivity contribution is 0.622. The number of pyridine rings is 1. The van der Waals surface area contributed by atoms with Crippen LogP contribution >= 0.6 is 12.4 Å². The monoisotopic (exact) mass is 186 g/mol. The molecule has 1 aromatic heterocycles. The molecule has 0 fully saturated rings. The van der Waals surface area contributed by atoms with E-state index in [1.54, 1.807) is 6.20 Å². The quantitative estimate of drug-likeness (QED) is 0.787. The van der Waals surface area contributed by atoms with E-state index in [2.05, 4.69) is 11.9 Å². The van der Waals surface area contributed by atoms with Crippen molar-refractivity contribution in [3.05, 3.63) is 30.1 Å². The van der Waals surface area contributed by atoms with Crippen LogP contribution in [0.2, 0.25) is 0 Å².